The van der Waals surface area contributed by atoms with Gasteiger partial charge in [-0.05, 0) is 72.3 Å². The summed E-state index contributed by atoms with van der Waals surface area (Å²) in [4.78, 5) is 2.35. The maximum absolute atomic E-state index is 2.38. The third-order valence-electron chi connectivity index (χ3n) is 7.18. The average Bonchev–Trinajstić information content (AvgIpc) is 3.28. The predicted octanol–water partition coefficient (Wildman–Crippen LogP) is 9.72. The molecule has 6 aromatic carbocycles. The highest BCUT2D eigenvalue weighted by molar-refractivity contribution is 6.10. The van der Waals surface area contributed by atoms with Crippen LogP contribution in [0.2, 0.25) is 0 Å². The Morgan fingerprint density at radius 2 is 1.08 bits per heavy atom. The fourth-order valence-corrected chi connectivity index (χ4v) is 5.47. The van der Waals surface area contributed by atoms with E-state index in [0.29, 0.717) is 0 Å². The van der Waals surface area contributed by atoms with E-state index in [0.717, 1.165) is 22.7 Å². The Bertz CT molecular complexity index is 1880. The first-order valence-corrected chi connectivity index (χ1v) is 12.7. The Hall–Kier alpha value is -4.82. The smallest absolute Gasteiger partial charge is 0.0561 e. The summed E-state index contributed by atoms with van der Waals surface area (Å²) >= 11 is 0. The Morgan fingerprint density at radius 1 is 0.459 bits per heavy atom. The summed E-state index contributed by atoms with van der Waals surface area (Å²) < 4.78 is 2.38. The third-order valence-corrected chi connectivity index (χ3v) is 7.18. The molecular weight excluding hydrogens is 448 g/mol. The van der Waals surface area contributed by atoms with Crippen molar-refractivity contribution in [2.75, 3.05) is 4.90 Å². The minimum atomic E-state index is 1.13. The number of hydrogen-bond donors (Lipinski definition) is 0. The molecule has 0 spiro atoms. The first kappa shape index (κ1) is 21.5. The van der Waals surface area contributed by atoms with Gasteiger partial charge in [-0.25, -0.2) is 0 Å². The van der Waals surface area contributed by atoms with Crippen molar-refractivity contribution in [3.8, 4) is 5.69 Å². The second-order valence-electron chi connectivity index (χ2n) is 9.60. The van der Waals surface area contributed by atoms with E-state index in [9.17, 15) is 0 Å². The molecule has 0 amide bonds. The van der Waals surface area contributed by atoms with Gasteiger partial charge >= 0.3 is 0 Å². The zero-order valence-corrected chi connectivity index (χ0v) is 20.7. The highest BCUT2D eigenvalue weighted by Crippen LogP contribution is 2.40. The van der Waals surface area contributed by atoms with E-state index in [1.54, 1.807) is 0 Å². The first-order valence-electron chi connectivity index (χ1n) is 12.7. The average molecular weight is 475 g/mol. The lowest BCUT2D eigenvalue weighted by Crippen LogP contribution is -2.10. The number of anilines is 3. The van der Waals surface area contributed by atoms with Crippen LogP contribution in [-0.4, -0.2) is 4.57 Å². The summed E-state index contributed by atoms with van der Waals surface area (Å²) in [5, 5.41) is 5.02. The van der Waals surface area contributed by atoms with Crippen molar-refractivity contribution in [1.82, 2.24) is 4.57 Å². The normalized spacial score (nSPS) is 11.4. The highest BCUT2D eigenvalue weighted by atomic mass is 15.1. The number of aryl methyl sites for hydroxylation is 1. The van der Waals surface area contributed by atoms with E-state index in [1.807, 2.05) is 0 Å². The van der Waals surface area contributed by atoms with E-state index in [1.165, 1.54) is 38.1 Å². The monoisotopic (exact) mass is 474 g/mol. The van der Waals surface area contributed by atoms with Gasteiger partial charge in [0.25, 0.3) is 0 Å². The van der Waals surface area contributed by atoms with Crippen molar-refractivity contribution < 1.29 is 0 Å². The van der Waals surface area contributed by atoms with Crippen molar-refractivity contribution in [3.05, 3.63) is 145 Å². The van der Waals surface area contributed by atoms with Crippen LogP contribution in [0.3, 0.4) is 0 Å². The molecule has 0 unspecified atom stereocenters. The van der Waals surface area contributed by atoms with Crippen LogP contribution in [0.5, 0.6) is 0 Å². The number of para-hydroxylation sites is 3. The van der Waals surface area contributed by atoms with Gasteiger partial charge in [0.15, 0.2) is 0 Å². The predicted molar refractivity (Wildman–Crippen MR) is 158 cm³/mol. The second kappa shape index (κ2) is 8.69. The van der Waals surface area contributed by atoms with Crippen LogP contribution < -0.4 is 4.90 Å². The molecule has 7 aromatic rings. The molecule has 0 fully saturated rings. The van der Waals surface area contributed by atoms with Crippen LogP contribution >= 0.6 is 0 Å². The minimum Gasteiger partial charge on any atom is -0.310 e. The molecule has 1 heterocycles. The summed E-state index contributed by atoms with van der Waals surface area (Å²) in [6.07, 6.45) is 0. The zero-order chi connectivity index (χ0) is 24.8. The molecule has 7 rings (SSSR count). The molecule has 2 nitrogen and oxygen atoms in total. The Morgan fingerprint density at radius 3 is 1.92 bits per heavy atom. The molecule has 1 aromatic heterocycles. The van der Waals surface area contributed by atoms with E-state index in [4.69, 9.17) is 0 Å². The molecule has 2 heteroatoms. The summed E-state index contributed by atoms with van der Waals surface area (Å²) in [5.41, 5.74) is 8.26. The van der Waals surface area contributed by atoms with Crippen LogP contribution in [0, 0.1) is 6.92 Å². The second-order valence-corrected chi connectivity index (χ2v) is 9.60. The van der Waals surface area contributed by atoms with Gasteiger partial charge in [-0.2, -0.15) is 0 Å². The standard InChI is InChI=1S/C35H26N2/c1-25-16-17-27-23-30(19-18-26(27)22-25)36(28-10-4-2-5-11-28)31-20-21-33-32-14-8-9-15-34(32)37(35(33)24-31)29-12-6-3-7-13-29/h2-24H,1H3. The summed E-state index contributed by atoms with van der Waals surface area (Å²) in [6.45, 7) is 2.14. The molecular formula is C35H26N2. The Balaban J connectivity index is 1.49. The van der Waals surface area contributed by atoms with Gasteiger partial charge in [-0.1, -0.05) is 90.5 Å². The Kier molecular flexibility index (Phi) is 5.04. The van der Waals surface area contributed by atoms with Gasteiger partial charge in [0.1, 0.15) is 0 Å². The van der Waals surface area contributed by atoms with Crippen molar-refractivity contribution >= 4 is 49.6 Å². The molecule has 0 saturated carbocycles. The fraction of sp³-hybridized carbons (Fsp3) is 0.0286. The molecule has 0 aliphatic carbocycles. The van der Waals surface area contributed by atoms with Crippen molar-refractivity contribution in [2.45, 2.75) is 6.92 Å². The molecule has 0 aliphatic rings. The van der Waals surface area contributed by atoms with Gasteiger partial charge in [0.2, 0.25) is 0 Å². The molecule has 37 heavy (non-hydrogen) atoms. The molecule has 0 aliphatic heterocycles. The van der Waals surface area contributed by atoms with Crippen molar-refractivity contribution in [2.24, 2.45) is 0 Å². The topological polar surface area (TPSA) is 8.17 Å². The van der Waals surface area contributed by atoms with E-state index in [2.05, 4.69) is 156 Å². The van der Waals surface area contributed by atoms with Crippen LogP contribution in [0.1, 0.15) is 5.56 Å². The summed E-state index contributed by atoms with van der Waals surface area (Å²) in [7, 11) is 0. The fourth-order valence-electron chi connectivity index (χ4n) is 5.47. The van der Waals surface area contributed by atoms with Crippen LogP contribution in [-0.2, 0) is 0 Å². The maximum atomic E-state index is 2.38. The van der Waals surface area contributed by atoms with Gasteiger partial charge < -0.3 is 9.47 Å². The number of fused-ring (bicyclic) bond motifs is 4. The quantitative estimate of drug-likeness (QED) is 0.246. The van der Waals surface area contributed by atoms with Crippen LogP contribution in [0.15, 0.2) is 140 Å². The number of nitrogens with zero attached hydrogens (tertiary/aromatic N) is 2. The van der Waals surface area contributed by atoms with Crippen LogP contribution in [0.25, 0.3) is 38.3 Å². The van der Waals surface area contributed by atoms with E-state index >= 15 is 0 Å². The SMILES string of the molecule is Cc1ccc2cc(N(c3ccccc3)c3ccc4c5ccccc5n(-c5ccccc5)c4c3)ccc2c1. The molecule has 0 N–H and O–H groups in total. The Labute approximate surface area is 216 Å². The lowest BCUT2D eigenvalue weighted by atomic mass is 10.1. The largest absolute Gasteiger partial charge is 0.310 e. The highest BCUT2D eigenvalue weighted by Gasteiger charge is 2.17. The van der Waals surface area contributed by atoms with Gasteiger partial charge in [-0.15, -0.1) is 0 Å². The number of hydrogen-bond acceptors (Lipinski definition) is 1. The summed E-state index contributed by atoms with van der Waals surface area (Å²) in [6, 6.07) is 50.2. The summed E-state index contributed by atoms with van der Waals surface area (Å²) in [5.74, 6) is 0. The lowest BCUT2D eigenvalue weighted by molar-refractivity contribution is 1.18. The number of rotatable bonds is 4. The van der Waals surface area contributed by atoms with Gasteiger partial charge in [-0.3, -0.25) is 0 Å². The third kappa shape index (κ3) is 3.66. The molecule has 176 valence electrons. The van der Waals surface area contributed by atoms with Gasteiger partial charge in [0.05, 0.1) is 11.0 Å². The maximum Gasteiger partial charge on any atom is 0.0561 e. The minimum absolute atomic E-state index is 1.13. The zero-order valence-electron chi connectivity index (χ0n) is 20.7. The van der Waals surface area contributed by atoms with E-state index < -0.39 is 0 Å². The van der Waals surface area contributed by atoms with Crippen molar-refractivity contribution in [3.63, 3.8) is 0 Å². The van der Waals surface area contributed by atoms with Gasteiger partial charge in [0, 0.05) is 33.5 Å². The van der Waals surface area contributed by atoms with Crippen LogP contribution in [0.4, 0.5) is 17.1 Å². The molecule has 0 saturated heterocycles. The first-order chi connectivity index (χ1) is 18.3. The molecule has 0 atom stereocenters. The lowest BCUT2D eigenvalue weighted by Gasteiger charge is -2.26. The molecule has 0 bridgehead atoms. The molecule has 0 radical (unpaired) electrons. The van der Waals surface area contributed by atoms with Crippen molar-refractivity contribution in [1.29, 1.82) is 0 Å². The van der Waals surface area contributed by atoms with E-state index in [-0.39, 0.29) is 0 Å². The number of aromatic nitrogens is 1. The number of benzene rings is 6.